The molecule has 2 heterocycles. The zero-order chi connectivity index (χ0) is 17.6. The van der Waals surface area contributed by atoms with E-state index < -0.39 is 0 Å². The van der Waals surface area contributed by atoms with Crippen LogP contribution in [0, 0.1) is 0 Å². The lowest BCUT2D eigenvalue weighted by Crippen LogP contribution is -3.15. The minimum Gasteiger partial charge on any atom is -0.497 e. The summed E-state index contributed by atoms with van der Waals surface area (Å²) in [5.74, 6) is 1.01. The molecule has 3 rings (SSSR count). The molecule has 0 spiro atoms. The minimum absolute atomic E-state index is 0.0879. The number of methoxy groups -OCH3 is 1. The fourth-order valence-electron chi connectivity index (χ4n) is 3.19. The number of anilines is 1. The average Bonchev–Trinajstić information content (AvgIpc) is 3.17. The van der Waals surface area contributed by atoms with Crippen LogP contribution >= 0.6 is 11.3 Å². The van der Waals surface area contributed by atoms with Crippen molar-refractivity contribution in [3.8, 4) is 5.75 Å². The van der Waals surface area contributed by atoms with Crippen LogP contribution in [0.3, 0.4) is 0 Å². The Morgan fingerprint density at radius 3 is 2.80 bits per heavy atom. The molecule has 1 aromatic carbocycles. The third-order valence-electron chi connectivity index (χ3n) is 4.65. The normalized spacial score (nSPS) is 16.5. The molecule has 6 heteroatoms. The van der Waals surface area contributed by atoms with Gasteiger partial charge < -0.3 is 19.9 Å². The summed E-state index contributed by atoms with van der Waals surface area (Å²) in [7, 11) is 1.69. The summed E-state index contributed by atoms with van der Waals surface area (Å²) >= 11 is 1.68. The lowest BCUT2D eigenvalue weighted by Gasteiger charge is -2.33. The Bertz CT molecular complexity index is 682. The molecule has 25 heavy (non-hydrogen) atoms. The van der Waals surface area contributed by atoms with Gasteiger partial charge in [-0.2, -0.15) is 0 Å². The van der Waals surface area contributed by atoms with E-state index >= 15 is 0 Å². The number of thiophene rings is 1. The number of piperazine rings is 1. The highest BCUT2D eigenvalue weighted by Crippen LogP contribution is 2.20. The molecule has 1 aromatic heterocycles. The number of hydrogen-bond acceptors (Lipinski definition) is 4. The lowest BCUT2D eigenvalue weighted by atomic mass is 10.2. The molecule has 0 unspecified atom stereocenters. The Kier molecular flexibility index (Phi) is 5.94. The van der Waals surface area contributed by atoms with Crippen molar-refractivity contribution in [3.63, 3.8) is 0 Å². The molecule has 134 valence electrons. The summed E-state index contributed by atoms with van der Waals surface area (Å²) in [5.41, 5.74) is 1.19. The van der Waals surface area contributed by atoms with Gasteiger partial charge in [-0.15, -0.1) is 11.3 Å². The van der Waals surface area contributed by atoms with Crippen LogP contribution in [-0.4, -0.2) is 45.7 Å². The molecule has 1 saturated heterocycles. The Balaban J connectivity index is 1.46. The minimum atomic E-state index is 0.0879. The van der Waals surface area contributed by atoms with Gasteiger partial charge in [-0.3, -0.25) is 4.79 Å². The van der Waals surface area contributed by atoms with E-state index in [2.05, 4.69) is 28.4 Å². The number of quaternary nitrogens is 1. The second-order valence-electron chi connectivity index (χ2n) is 6.42. The maximum atomic E-state index is 12.3. The highest BCUT2D eigenvalue weighted by atomic mass is 32.1. The number of rotatable bonds is 6. The number of carbonyl (C=O) groups is 1. The second-order valence-corrected chi connectivity index (χ2v) is 7.40. The van der Waals surface area contributed by atoms with E-state index in [1.54, 1.807) is 18.4 Å². The number of benzene rings is 1. The summed E-state index contributed by atoms with van der Waals surface area (Å²) in [5, 5.41) is 5.15. The fourth-order valence-corrected chi connectivity index (χ4v) is 3.93. The summed E-state index contributed by atoms with van der Waals surface area (Å²) in [6.07, 6.45) is 0. The Morgan fingerprint density at radius 1 is 1.32 bits per heavy atom. The topological polar surface area (TPSA) is 46.0 Å². The van der Waals surface area contributed by atoms with Gasteiger partial charge in [0.1, 0.15) is 5.75 Å². The van der Waals surface area contributed by atoms with Crippen LogP contribution in [0.4, 0.5) is 5.69 Å². The van der Waals surface area contributed by atoms with Crippen molar-refractivity contribution in [1.29, 1.82) is 0 Å². The number of ether oxygens (including phenoxy) is 1. The zero-order valence-electron chi connectivity index (χ0n) is 14.8. The van der Waals surface area contributed by atoms with Gasteiger partial charge in [0.05, 0.1) is 39.3 Å². The van der Waals surface area contributed by atoms with Gasteiger partial charge in [0.25, 0.3) is 5.91 Å². The first-order chi connectivity index (χ1) is 12.2. The molecule has 0 radical (unpaired) electrons. The van der Waals surface area contributed by atoms with Gasteiger partial charge in [0.15, 0.2) is 6.54 Å². The van der Waals surface area contributed by atoms with E-state index in [1.807, 2.05) is 30.5 Å². The summed E-state index contributed by atoms with van der Waals surface area (Å²) in [4.78, 5) is 17.2. The van der Waals surface area contributed by atoms with Crippen LogP contribution in [-0.2, 0) is 4.79 Å². The highest BCUT2D eigenvalue weighted by Gasteiger charge is 2.23. The zero-order valence-corrected chi connectivity index (χ0v) is 15.6. The fraction of sp³-hybridized carbons (Fsp3) is 0.421. The number of hydrogen-bond donors (Lipinski definition) is 2. The monoisotopic (exact) mass is 360 g/mol. The van der Waals surface area contributed by atoms with Crippen molar-refractivity contribution in [2.24, 2.45) is 0 Å². The molecule has 1 fully saturated rings. The van der Waals surface area contributed by atoms with Crippen molar-refractivity contribution in [1.82, 2.24) is 5.32 Å². The summed E-state index contributed by atoms with van der Waals surface area (Å²) < 4.78 is 5.30. The van der Waals surface area contributed by atoms with Crippen LogP contribution in [0.2, 0.25) is 0 Å². The molecule has 1 atom stereocenters. The molecule has 5 nitrogen and oxygen atoms in total. The van der Waals surface area contributed by atoms with Crippen molar-refractivity contribution in [3.05, 3.63) is 46.7 Å². The van der Waals surface area contributed by atoms with Crippen LogP contribution < -0.4 is 19.9 Å². The number of nitrogens with zero attached hydrogens (tertiary/aromatic N) is 1. The Hall–Kier alpha value is -2.05. The average molecular weight is 361 g/mol. The van der Waals surface area contributed by atoms with E-state index in [0.29, 0.717) is 6.54 Å². The molecule has 0 saturated carbocycles. The third-order valence-corrected chi connectivity index (χ3v) is 5.70. The van der Waals surface area contributed by atoms with E-state index in [-0.39, 0.29) is 11.9 Å². The van der Waals surface area contributed by atoms with Gasteiger partial charge in [0, 0.05) is 16.6 Å². The molecular weight excluding hydrogens is 334 g/mol. The Morgan fingerprint density at radius 2 is 2.12 bits per heavy atom. The van der Waals surface area contributed by atoms with E-state index in [1.165, 1.54) is 15.5 Å². The molecule has 1 amide bonds. The maximum Gasteiger partial charge on any atom is 0.275 e. The van der Waals surface area contributed by atoms with Gasteiger partial charge in [0.2, 0.25) is 0 Å². The highest BCUT2D eigenvalue weighted by molar-refractivity contribution is 7.10. The lowest BCUT2D eigenvalue weighted by molar-refractivity contribution is -0.892. The van der Waals surface area contributed by atoms with Crippen molar-refractivity contribution in [2.75, 3.05) is 44.7 Å². The molecule has 1 aliphatic heterocycles. The van der Waals surface area contributed by atoms with Crippen LogP contribution in [0.25, 0.3) is 0 Å². The predicted molar refractivity (Wildman–Crippen MR) is 102 cm³/mol. The van der Waals surface area contributed by atoms with Crippen LogP contribution in [0.1, 0.15) is 17.8 Å². The second kappa shape index (κ2) is 8.36. The molecule has 0 bridgehead atoms. The van der Waals surface area contributed by atoms with Crippen molar-refractivity contribution >= 4 is 22.9 Å². The summed E-state index contributed by atoms with van der Waals surface area (Å²) in [6.45, 7) is 6.43. The largest absolute Gasteiger partial charge is 0.497 e. The molecule has 2 N–H and O–H groups in total. The summed E-state index contributed by atoms with van der Waals surface area (Å²) in [6, 6.07) is 12.3. The number of carbonyl (C=O) groups excluding carboxylic acids is 1. The SMILES string of the molecule is COc1cccc(N2CC[NH+](CC(=O)N[C@@H](C)c3cccs3)CC2)c1. The quantitative estimate of drug-likeness (QED) is 0.817. The van der Waals surface area contributed by atoms with Crippen LogP contribution in [0.15, 0.2) is 41.8 Å². The number of nitrogens with one attached hydrogen (secondary N) is 2. The first-order valence-electron chi connectivity index (χ1n) is 8.71. The van der Waals surface area contributed by atoms with Gasteiger partial charge >= 0.3 is 0 Å². The predicted octanol–water partition coefficient (Wildman–Crippen LogP) is 1.34. The van der Waals surface area contributed by atoms with Gasteiger partial charge in [-0.25, -0.2) is 0 Å². The third kappa shape index (κ3) is 4.74. The standard InChI is InChI=1S/C19H25N3O2S/c1-15(18-7-4-12-25-18)20-19(23)14-21-8-10-22(11-9-21)16-5-3-6-17(13-16)24-2/h3-7,12-13,15H,8-11,14H2,1-2H3,(H,20,23)/p+1/t15-/m0/s1. The molecule has 0 aliphatic carbocycles. The van der Waals surface area contributed by atoms with Crippen LogP contribution in [0.5, 0.6) is 5.75 Å². The van der Waals surface area contributed by atoms with E-state index in [4.69, 9.17) is 4.74 Å². The first-order valence-corrected chi connectivity index (χ1v) is 9.59. The van der Waals surface area contributed by atoms with E-state index in [0.717, 1.165) is 31.9 Å². The molecule has 1 aliphatic rings. The van der Waals surface area contributed by atoms with Crippen molar-refractivity contribution in [2.45, 2.75) is 13.0 Å². The van der Waals surface area contributed by atoms with Gasteiger partial charge in [-0.05, 0) is 30.5 Å². The smallest absolute Gasteiger partial charge is 0.275 e. The van der Waals surface area contributed by atoms with E-state index in [9.17, 15) is 4.79 Å². The van der Waals surface area contributed by atoms with Gasteiger partial charge in [-0.1, -0.05) is 12.1 Å². The Labute approximate surface area is 153 Å². The number of amides is 1. The maximum absolute atomic E-state index is 12.3. The van der Waals surface area contributed by atoms with Crippen molar-refractivity contribution < 1.29 is 14.4 Å². The molecule has 2 aromatic rings. The first kappa shape index (κ1) is 17.8. The molecular formula is C19H26N3O2S+.